The Kier molecular flexibility index (Phi) is 7.90. The minimum atomic E-state index is -0.895. The first-order valence-electron chi connectivity index (χ1n) is 5.23. The summed E-state index contributed by atoms with van der Waals surface area (Å²) < 4.78 is 0. The van der Waals surface area contributed by atoms with E-state index < -0.39 is 5.97 Å². The number of aliphatic carboxylic acids is 1. The smallest absolute Gasteiger partial charge is 0.328 e. The van der Waals surface area contributed by atoms with Crippen LogP contribution in [0.3, 0.4) is 0 Å². The van der Waals surface area contributed by atoms with Gasteiger partial charge in [-0.2, -0.15) is 0 Å². The number of carboxylic acids is 1. The van der Waals surface area contributed by atoms with Crippen LogP contribution in [0.1, 0.15) is 39.5 Å². The van der Waals surface area contributed by atoms with E-state index in [0.29, 0.717) is 5.92 Å². The van der Waals surface area contributed by atoms with Crippen molar-refractivity contribution < 1.29 is 9.90 Å². The highest BCUT2D eigenvalue weighted by Crippen LogP contribution is 2.11. The zero-order valence-electron chi connectivity index (χ0n) is 9.07. The molecule has 0 spiro atoms. The Labute approximate surface area is 86.3 Å². The minimum absolute atomic E-state index is 0.699. The number of carboxylic acid groups (broad SMARTS) is 1. The molecule has 0 saturated carbocycles. The molecule has 14 heavy (non-hydrogen) atoms. The van der Waals surface area contributed by atoms with E-state index in [0.717, 1.165) is 12.5 Å². The van der Waals surface area contributed by atoms with Crippen molar-refractivity contribution in [2.24, 2.45) is 5.92 Å². The molecule has 0 aliphatic heterocycles. The second-order valence-corrected chi connectivity index (χ2v) is 3.61. The van der Waals surface area contributed by atoms with Gasteiger partial charge in [0.25, 0.3) is 0 Å². The van der Waals surface area contributed by atoms with Crippen LogP contribution in [0.4, 0.5) is 0 Å². The van der Waals surface area contributed by atoms with Crippen LogP contribution in [0.25, 0.3) is 0 Å². The third kappa shape index (κ3) is 9.04. The van der Waals surface area contributed by atoms with Gasteiger partial charge in [-0.15, -0.1) is 0 Å². The first kappa shape index (κ1) is 12.9. The Morgan fingerprint density at radius 3 is 2.71 bits per heavy atom. The van der Waals surface area contributed by atoms with Crippen LogP contribution in [0.5, 0.6) is 0 Å². The molecule has 0 aromatic rings. The predicted octanol–water partition coefficient (Wildman–Crippen LogP) is 3.40. The lowest BCUT2D eigenvalue weighted by Gasteiger charge is -2.05. The van der Waals surface area contributed by atoms with Crippen molar-refractivity contribution in [2.75, 3.05) is 0 Å². The molecule has 0 amide bonds. The SMILES string of the molecule is CCCCC(C)CC=CC=CC(=O)O. The van der Waals surface area contributed by atoms with Crippen molar-refractivity contribution in [3.8, 4) is 0 Å². The van der Waals surface area contributed by atoms with E-state index in [2.05, 4.69) is 13.8 Å². The second kappa shape index (κ2) is 8.54. The third-order valence-corrected chi connectivity index (χ3v) is 2.07. The van der Waals surface area contributed by atoms with Gasteiger partial charge >= 0.3 is 5.97 Å². The van der Waals surface area contributed by atoms with E-state index in [1.165, 1.54) is 19.3 Å². The molecule has 0 aliphatic carbocycles. The Morgan fingerprint density at radius 1 is 1.43 bits per heavy atom. The van der Waals surface area contributed by atoms with Gasteiger partial charge in [0.2, 0.25) is 0 Å². The number of carbonyl (C=O) groups is 1. The number of rotatable bonds is 7. The summed E-state index contributed by atoms with van der Waals surface area (Å²) in [6.45, 7) is 4.42. The van der Waals surface area contributed by atoms with Crippen molar-refractivity contribution >= 4 is 5.97 Å². The summed E-state index contributed by atoms with van der Waals surface area (Å²) in [6, 6.07) is 0. The van der Waals surface area contributed by atoms with Crippen molar-refractivity contribution in [1.29, 1.82) is 0 Å². The van der Waals surface area contributed by atoms with Gasteiger partial charge in [0.1, 0.15) is 0 Å². The molecule has 0 saturated heterocycles. The van der Waals surface area contributed by atoms with E-state index >= 15 is 0 Å². The molecule has 0 aliphatic rings. The molecule has 2 heteroatoms. The summed E-state index contributed by atoms with van der Waals surface area (Å²) in [6.07, 6.45) is 11.3. The predicted molar refractivity (Wildman–Crippen MR) is 59.2 cm³/mol. The molecule has 0 radical (unpaired) electrons. The monoisotopic (exact) mass is 196 g/mol. The fourth-order valence-electron chi connectivity index (χ4n) is 1.20. The van der Waals surface area contributed by atoms with E-state index in [9.17, 15) is 4.79 Å². The largest absolute Gasteiger partial charge is 0.478 e. The lowest BCUT2D eigenvalue weighted by atomic mass is 10.0. The molecular weight excluding hydrogens is 176 g/mol. The molecule has 2 nitrogen and oxygen atoms in total. The lowest BCUT2D eigenvalue weighted by molar-refractivity contribution is -0.131. The standard InChI is InChI=1S/C12H20O2/c1-3-4-8-11(2)9-6-5-7-10-12(13)14/h5-7,10-11H,3-4,8-9H2,1-2H3,(H,13,14). The van der Waals surface area contributed by atoms with Crippen molar-refractivity contribution in [3.63, 3.8) is 0 Å². The normalized spacial score (nSPS) is 13.9. The molecule has 1 atom stereocenters. The highest BCUT2D eigenvalue weighted by atomic mass is 16.4. The molecule has 0 bridgehead atoms. The van der Waals surface area contributed by atoms with Gasteiger partial charge in [-0.05, 0) is 12.3 Å². The van der Waals surface area contributed by atoms with Crippen LogP contribution < -0.4 is 0 Å². The van der Waals surface area contributed by atoms with Crippen LogP contribution in [0.15, 0.2) is 24.3 Å². The highest BCUT2D eigenvalue weighted by molar-refractivity contribution is 5.80. The van der Waals surface area contributed by atoms with Crippen LogP contribution in [-0.4, -0.2) is 11.1 Å². The summed E-state index contributed by atoms with van der Waals surface area (Å²) in [4.78, 5) is 10.1. The van der Waals surface area contributed by atoms with Gasteiger partial charge in [-0.25, -0.2) is 4.79 Å². The van der Waals surface area contributed by atoms with E-state index in [-0.39, 0.29) is 0 Å². The minimum Gasteiger partial charge on any atom is -0.478 e. The summed E-state index contributed by atoms with van der Waals surface area (Å²) in [5, 5.41) is 8.32. The fourth-order valence-corrected chi connectivity index (χ4v) is 1.20. The topological polar surface area (TPSA) is 37.3 Å². The number of allylic oxidation sites excluding steroid dienone is 3. The van der Waals surface area contributed by atoms with Gasteiger partial charge in [0.15, 0.2) is 0 Å². The summed E-state index contributed by atoms with van der Waals surface area (Å²) in [7, 11) is 0. The molecule has 1 N–H and O–H groups in total. The molecule has 0 rings (SSSR count). The summed E-state index contributed by atoms with van der Waals surface area (Å²) in [5.74, 6) is -0.196. The quantitative estimate of drug-likeness (QED) is 0.500. The molecule has 0 fully saturated rings. The second-order valence-electron chi connectivity index (χ2n) is 3.61. The summed E-state index contributed by atoms with van der Waals surface area (Å²) in [5.41, 5.74) is 0. The average Bonchev–Trinajstić information content (AvgIpc) is 2.13. The summed E-state index contributed by atoms with van der Waals surface area (Å²) >= 11 is 0. The fraction of sp³-hybridized carbons (Fsp3) is 0.583. The van der Waals surface area contributed by atoms with Gasteiger partial charge in [0, 0.05) is 6.08 Å². The first-order chi connectivity index (χ1) is 6.66. The van der Waals surface area contributed by atoms with Gasteiger partial charge in [0.05, 0.1) is 0 Å². The molecule has 0 aromatic carbocycles. The Hall–Kier alpha value is -1.05. The molecule has 0 heterocycles. The van der Waals surface area contributed by atoms with Crippen LogP contribution >= 0.6 is 0 Å². The van der Waals surface area contributed by atoms with Gasteiger partial charge < -0.3 is 5.11 Å². The highest BCUT2D eigenvalue weighted by Gasteiger charge is 1.96. The molecule has 0 aromatic heterocycles. The molecule has 80 valence electrons. The maximum Gasteiger partial charge on any atom is 0.328 e. The molecule has 1 unspecified atom stereocenters. The van der Waals surface area contributed by atoms with Crippen molar-refractivity contribution in [2.45, 2.75) is 39.5 Å². The van der Waals surface area contributed by atoms with Gasteiger partial charge in [-0.3, -0.25) is 0 Å². The molecular formula is C12H20O2. The number of hydrogen-bond donors (Lipinski definition) is 1. The maximum atomic E-state index is 10.1. The van der Waals surface area contributed by atoms with E-state index in [4.69, 9.17) is 5.11 Å². The first-order valence-corrected chi connectivity index (χ1v) is 5.23. The number of hydrogen-bond acceptors (Lipinski definition) is 1. The Bertz CT molecular complexity index is 204. The zero-order valence-corrected chi connectivity index (χ0v) is 9.07. The average molecular weight is 196 g/mol. The maximum absolute atomic E-state index is 10.1. The Balaban J connectivity index is 3.55. The third-order valence-electron chi connectivity index (χ3n) is 2.07. The van der Waals surface area contributed by atoms with E-state index in [1.54, 1.807) is 12.2 Å². The van der Waals surface area contributed by atoms with Crippen LogP contribution in [0.2, 0.25) is 0 Å². The lowest BCUT2D eigenvalue weighted by Crippen LogP contribution is -1.91. The van der Waals surface area contributed by atoms with E-state index in [1.807, 2.05) is 6.08 Å². The van der Waals surface area contributed by atoms with Crippen molar-refractivity contribution in [1.82, 2.24) is 0 Å². The Morgan fingerprint density at radius 2 is 2.14 bits per heavy atom. The van der Waals surface area contributed by atoms with Crippen molar-refractivity contribution in [3.05, 3.63) is 24.3 Å². The van der Waals surface area contributed by atoms with Gasteiger partial charge in [-0.1, -0.05) is 51.3 Å². The zero-order chi connectivity index (χ0) is 10.8. The van der Waals surface area contributed by atoms with Crippen LogP contribution in [0, 0.1) is 5.92 Å². The number of unbranched alkanes of at least 4 members (excludes halogenated alkanes) is 1. The van der Waals surface area contributed by atoms with Crippen LogP contribution in [-0.2, 0) is 4.79 Å².